The van der Waals surface area contributed by atoms with Gasteiger partial charge in [-0.25, -0.2) is 13.1 Å². The predicted molar refractivity (Wildman–Crippen MR) is 91.2 cm³/mol. The molecule has 2 amide bonds. The van der Waals surface area contributed by atoms with Crippen LogP contribution >= 0.6 is 0 Å². The standard InChI is InChI=1S/C15H25N5O4S/c1-9(2)20-8-12(7-13(20)21)15(22)16-5-6-17-25(23,24)14-10(3)18-19-11(14)4/h9,12,17H,5-8H2,1-4H3,(H,16,22)(H,18,19). The highest BCUT2D eigenvalue weighted by atomic mass is 32.2. The molecule has 0 aliphatic carbocycles. The van der Waals surface area contributed by atoms with Crippen LogP contribution in [0.25, 0.3) is 0 Å². The second-order valence-electron chi connectivity index (χ2n) is 6.49. The van der Waals surface area contributed by atoms with E-state index in [0.29, 0.717) is 17.9 Å². The van der Waals surface area contributed by atoms with E-state index in [2.05, 4.69) is 20.2 Å². The Bertz CT molecular complexity index is 736. The van der Waals surface area contributed by atoms with Crippen LogP contribution in [0.4, 0.5) is 0 Å². The number of nitrogens with zero attached hydrogens (tertiary/aromatic N) is 2. The van der Waals surface area contributed by atoms with Gasteiger partial charge in [-0.3, -0.25) is 14.7 Å². The average molecular weight is 371 g/mol. The number of aryl methyl sites for hydroxylation is 2. The van der Waals surface area contributed by atoms with Gasteiger partial charge in [-0.05, 0) is 27.7 Å². The highest BCUT2D eigenvalue weighted by Crippen LogP contribution is 2.20. The van der Waals surface area contributed by atoms with Gasteiger partial charge in [0.15, 0.2) is 0 Å². The number of sulfonamides is 1. The van der Waals surface area contributed by atoms with Crippen molar-refractivity contribution in [3.8, 4) is 0 Å². The van der Waals surface area contributed by atoms with Crippen molar-refractivity contribution in [3.63, 3.8) is 0 Å². The van der Waals surface area contributed by atoms with Gasteiger partial charge in [0, 0.05) is 32.1 Å². The van der Waals surface area contributed by atoms with Gasteiger partial charge in [0.1, 0.15) is 4.90 Å². The van der Waals surface area contributed by atoms with E-state index in [1.165, 1.54) is 0 Å². The van der Waals surface area contributed by atoms with Crippen molar-refractivity contribution in [1.29, 1.82) is 0 Å². The van der Waals surface area contributed by atoms with Crippen molar-refractivity contribution >= 4 is 21.8 Å². The van der Waals surface area contributed by atoms with Crippen molar-refractivity contribution in [2.24, 2.45) is 5.92 Å². The van der Waals surface area contributed by atoms with E-state index in [9.17, 15) is 18.0 Å². The van der Waals surface area contributed by atoms with Gasteiger partial charge >= 0.3 is 0 Å². The molecule has 1 saturated heterocycles. The van der Waals surface area contributed by atoms with E-state index in [4.69, 9.17) is 0 Å². The van der Waals surface area contributed by atoms with Crippen molar-refractivity contribution in [2.45, 2.75) is 45.1 Å². The molecule has 0 bridgehead atoms. The molecule has 2 heterocycles. The molecule has 0 aromatic carbocycles. The summed E-state index contributed by atoms with van der Waals surface area (Å²) in [6, 6.07) is 0.0681. The lowest BCUT2D eigenvalue weighted by Gasteiger charge is -2.20. The fourth-order valence-electron chi connectivity index (χ4n) is 2.93. The molecule has 2 rings (SSSR count). The maximum Gasteiger partial charge on any atom is 0.244 e. The number of nitrogens with one attached hydrogen (secondary N) is 3. The minimum Gasteiger partial charge on any atom is -0.354 e. The topological polar surface area (TPSA) is 124 Å². The minimum atomic E-state index is -3.68. The number of likely N-dealkylation sites (tertiary alicyclic amines) is 1. The van der Waals surface area contributed by atoms with Gasteiger partial charge in [-0.15, -0.1) is 0 Å². The molecule has 9 nitrogen and oxygen atoms in total. The first kappa shape index (κ1) is 19.4. The number of H-pyrrole nitrogens is 1. The number of hydrogen-bond donors (Lipinski definition) is 3. The van der Waals surface area contributed by atoms with Gasteiger partial charge in [-0.2, -0.15) is 5.10 Å². The van der Waals surface area contributed by atoms with Crippen LogP contribution < -0.4 is 10.0 Å². The van der Waals surface area contributed by atoms with E-state index in [0.717, 1.165) is 0 Å². The molecule has 1 atom stereocenters. The molecule has 0 saturated carbocycles. The zero-order chi connectivity index (χ0) is 18.8. The Kier molecular flexibility index (Phi) is 5.83. The van der Waals surface area contributed by atoms with Crippen molar-refractivity contribution in [3.05, 3.63) is 11.4 Å². The van der Waals surface area contributed by atoms with Crippen LogP contribution in [0.5, 0.6) is 0 Å². The maximum atomic E-state index is 12.3. The first-order valence-corrected chi connectivity index (χ1v) is 9.70. The average Bonchev–Trinajstić information content (AvgIpc) is 3.06. The lowest BCUT2D eigenvalue weighted by molar-refractivity contribution is -0.129. The van der Waals surface area contributed by atoms with Crippen molar-refractivity contribution in [2.75, 3.05) is 19.6 Å². The van der Waals surface area contributed by atoms with Crippen LogP contribution in [0.1, 0.15) is 31.7 Å². The summed E-state index contributed by atoms with van der Waals surface area (Å²) in [4.78, 5) is 25.8. The number of aromatic nitrogens is 2. The number of rotatable bonds is 7. The zero-order valence-electron chi connectivity index (χ0n) is 14.9. The molecule has 1 unspecified atom stereocenters. The van der Waals surface area contributed by atoms with E-state index < -0.39 is 10.0 Å². The molecule has 25 heavy (non-hydrogen) atoms. The van der Waals surface area contributed by atoms with E-state index >= 15 is 0 Å². The van der Waals surface area contributed by atoms with Gasteiger partial charge in [0.25, 0.3) is 0 Å². The first-order chi connectivity index (χ1) is 11.6. The predicted octanol–water partition coefficient (Wildman–Crippen LogP) is -0.322. The van der Waals surface area contributed by atoms with Gasteiger partial charge in [0.05, 0.1) is 17.3 Å². The van der Waals surface area contributed by atoms with Crippen LogP contribution in [-0.2, 0) is 19.6 Å². The summed E-state index contributed by atoms with van der Waals surface area (Å²) in [5.41, 5.74) is 0.861. The summed E-state index contributed by atoms with van der Waals surface area (Å²) in [6.45, 7) is 7.68. The molecule has 1 fully saturated rings. The Labute approximate surface area is 147 Å². The van der Waals surface area contributed by atoms with Gasteiger partial charge < -0.3 is 10.2 Å². The normalized spacial score (nSPS) is 18.2. The molecule has 3 N–H and O–H groups in total. The first-order valence-electron chi connectivity index (χ1n) is 8.22. The molecular weight excluding hydrogens is 346 g/mol. The molecule has 0 radical (unpaired) electrons. The summed E-state index contributed by atoms with van der Waals surface area (Å²) in [6.07, 6.45) is 0.198. The van der Waals surface area contributed by atoms with Crippen LogP contribution in [0.2, 0.25) is 0 Å². The number of hydrogen-bond acceptors (Lipinski definition) is 5. The number of carbonyl (C=O) groups is 2. The third kappa shape index (κ3) is 4.37. The Morgan fingerprint density at radius 3 is 2.56 bits per heavy atom. The fraction of sp³-hybridized carbons (Fsp3) is 0.667. The molecule has 1 aromatic rings. The number of amides is 2. The Morgan fingerprint density at radius 1 is 1.36 bits per heavy atom. The Hall–Kier alpha value is -1.94. The number of aromatic amines is 1. The summed E-state index contributed by atoms with van der Waals surface area (Å²) in [5.74, 6) is -0.641. The summed E-state index contributed by atoms with van der Waals surface area (Å²) in [5, 5.41) is 9.18. The number of carbonyl (C=O) groups excluding carboxylic acids is 2. The van der Waals surface area contributed by atoms with E-state index in [1.54, 1.807) is 18.7 Å². The molecule has 10 heteroatoms. The zero-order valence-corrected chi connectivity index (χ0v) is 15.7. The smallest absolute Gasteiger partial charge is 0.244 e. The van der Waals surface area contributed by atoms with Crippen LogP contribution in [0.3, 0.4) is 0 Å². The second-order valence-corrected chi connectivity index (χ2v) is 8.20. The highest BCUT2D eigenvalue weighted by Gasteiger charge is 2.35. The van der Waals surface area contributed by atoms with Crippen molar-refractivity contribution in [1.82, 2.24) is 25.1 Å². The van der Waals surface area contributed by atoms with E-state index in [-0.39, 0.29) is 48.2 Å². The Balaban J connectivity index is 1.82. The molecule has 0 spiro atoms. The van der Waals surface area contributed by atoms with Crippen LogP contribution in [-0.4, -0.2) is 61.0 Å². The second kappa shape index (κ2) is 7.52. The lowest BCUT2D eigenvalue weighted by atomic mass is 10.1. The molecular formula is C15H25N5O4S. The van der Waals surface area contributed by atoms with Crippen LogP contribution in [0, 0.1) is 19.8 Å². The largest absolute Gasteiger partial charge is 0.354 e. The highest BCUT2D eigenvalue weighted by molar-refractivity contribution is 7.89. The quantitative estimate of drug-likeness (QED) is 0.567. The maximum absolute atomic E-state index is 12.3. The monoisotopic (exact) mass is 371 g/mol. The SMILES string of the molecule is Cc1n[nH]c(C)c1S(=O)(=O)NCCNC(=O)C1CC(=O)N(C(C)C)C1. The lowest BCUT2D eigenvalue weighted by Crippen LogP contribution is -2.39. The minimum absolute atomic E-state index is 0.0261. The molecule has 1 aliphatic heterocycles. The summed E-state index contributed by atoms with van der Waals surface area (Å²) >= 11 is 0. The summed E-state index contributed by atoms with van der Waals surface area (Å²) in [7, 11) is -3.68. The van der Waals surface area contributed by atoms with E-state index in [1.807, 2.05) is 13.8 Å². The fourth-order valence-corrected chi connectivity index (χ4v) is 4.33. The molecule has 140 valence electrons. The van der Waals surface area contributed by atoms with Gasteiger partial charge in [0.2, 0.25) is 21.8 Å². The summed E-state index contributed by atoms with van der Waals surface area (Å²) < 4.78 is 27.0. The van der Waals surface area contributed by atoms with Gasteiger partial charge in [-0.1, -0.05) is 0 Å². The van der Waals surface area contributed by atoms with Crippen LogP contribution in [0.15, 0.2) is 4.90 Å². The Morgan fingerprint density at radius 2 is 2.04 bits per heavy atom. The third-order valence-electron chi connectivity index (χ3n) is 4.20. The molecule has 1 aromatic heterocycles. The van der Waals surface area contributed by atoms with Crippen molar-refractivity contribution < 1.29 is 18.0 Å². The molecule has 1 aliphatic rings. The third-order valence-corrected chi connectivity index (χ3v) is 5.92.